The zero-order chi connectivity index (χ0) is 15.4. The van der Waals surface area contributed by atoms with E-state index in [2.05, 4.69) is 15.9 Å². The van der Waals surface area contributed by atoms with Crippen molar-refractivity contribution in [1.29, 1.82) is 0 Å². The zero-order valence-corrected chi connectivity index (χ0v) is 15.5. The summed E-state index contributed by atoms with van der Waals surface area (Å²) < 4.78 is 18.6. The molecule has 0 aliphatic carbocycles. The molecule has 0 saturated heterocycles. The summed E-state index contributed by atoms with van der Waals surface area (Å²) in [6.45, 7) is 12.5. The van der Waals surface area contributed by atoms with E-state index in [0.29, 0.717) is 6.61 Å². The molecule has 1 aromatic carbocycles. The number of rotatable bonds is 5. The lowest BCUT2D eigenvalue weighted by Crippen LogP contribution is -2.22. The maximum atomic E-state index is 5.87. The molecule has 0 bridgehead atoms. The first-order valence-electron chi connectivity index (χ1n) is 6.61. The molecule has 0 spiro atoms. The Hall–Kier alpha value is 0.01000. The maximum absolute atomic E-state index is 5.87. The van der Waals surface area contributed by atoms with Gasteiger partial charge in [0, 0.05) is 4.47 Å². The summed E-state index contributed by atoms with van der Waals surface area (Å²) in [5, 5.41) is 0. The van der Waals surface area contributed by atoms with Crippen molar-refractivity contribution >= 4 is 24.5 Å². The molecule has 0 unspecified atom stereocenters. The molecule has 0 saturated carbocycles. The summed E-state index contributed by atoms with van der Waals surface area (Å²) in [7, 11) is -1.38. The molecule has 5 heteroatoms. The molecule has 0 aromatic heterocycles. The Morgan fingerprint density at radius 3 is 1.75 bits per heavy atom. The second kappa shape index (κ2) is 7.33. The molecule has 0 radical (unpaired) electrons. The highest BCUT2D eigenvalue weighted by Crippen LogP contribution is 2.47. The first-order valence-corrected chi connectivity index (χ1v) is 8.50. The Kier molecular flexibility index (Phi) is 6.62. The molecule has 0 fully saturated rings. The van der Waals surface area contributed by atoms with Crippen molar-refractivity contribution < 1.29 is 13.6 Å². The van der Waals surface area contributed by atoms with Gasteiger partial charge in [0.05, 0.1) is 17.8 Å². The van der Waals surface area contributed by atoms with E-state index in [1.165, 1.54) is 0 Å². The Balaban J connectivity index is 2.62. The van der Waals surface area contributed by atoms with Gasteiger partial charge in [-0.1, -0.05) is 28.1 Å². The standard InChI is InChI=1S/C15H24BrO3P/c1-14(2,3)18-20(19-15(4,5)6)17-11-12-7-9-13(16)10-8-12/h7-10H,11H2,1-6H3. The summed E-state index contributed by atoms with van der Waals surface area (Å²) in [6.07, 6.45) is 0. The van der Waals surface area contributed by atoms with E-state index in [1.807, 2.05) is 65.8 Å². The van der Waals surface area contributed by atoms with E-state index >= 15 is 0 Å². The van der Waals surface area contributed by atoms with Crippen LogP contribution in [0.2, 0.25) is 0 Å². The fourth-order valence-corrected chi connectivity index (χ4v) is 2.78. The summed E-state index contributed by atoms with van der Waals surface area (Å²) in [6, 6.07) is 8.03. The first kappa shape index (κ1) is 18.1. The van der Waals surface area contributed by atoms with Crippen LogP contribution < -0.4 is 0 Å². The lowest BCUT2D eigenvalue weighted by molar-refractivity contribution is 0.0306. The number of hydrogen-bond donors (Lipinski definition) is 0. The predicted octanol–water partition coefficient (Wildman–Crippen LogP) is 5.82. The number of benzene rings is 1. The van der Waals surface area contributed by atoms with Gasteiger partial charge in [-0.3, -0.25) is 0 Å². The van der Waals surface area contributed by atoms with Crippen molar-refractivity contribution in [3.8, 4) is 0 Å². The molecule has 0 atom stereocenters. The molecular formula is C15H24BrO3P. The molecule has 0 aliphatic rings. The summed E-state index contributed by atoms with van der Waals surface area (Å²) in [4.78, 5) is 0. The summed E-state index contributed by atoms with van der Waals surface area (Å²) in [5.74, 6) is 0. The SMILES string of the molecule is CC(C)(C)OP(OCc1ccc(Br)cc1)OC(C)(C)C. The third-order valence-electron chi connectivity index (χ3n) is 1.95. The van der Waals surface area contributed by atoms with Crippen LogP contribution in [0.3, 0.4) is 0 Å². The topological polar surface area (TPSA) is 27.7 Å². The second-order valence-electron chi connectivity index (χ2n) is 6.53. The van der Waals surface area contributed by atoms with Crippen LogP contribution in [0.5, 0.6) is 0 Å². The van der Waals surface area contributed by atoms with Crippen molar-refractivity contribution in [2.24, 2.45) is 0 Å². The molecule has 3 nitrogen and oxygen atoms in total. The van der Waals surface area contributed by atoms with E-state index in [1.54, 1.807) is 0 Å². The van der Waals surface area contributed by atoms with Gasteiger partial charge < -0.3 is 13.6 Å². The average Bonchev–Trinajstić information content (AvgIpc) is 2.23. The highest BCUT2D eigenvalue weighted by Gasteiger charge is 2.27. The van der Waals surface area contributed by atoms with Crippen LogP contribution in [0.25, 0.3) is 0 Å². The molecule has 20 heavy (non-hydrogen) atoms. The van der Waals surface area contributed by atoms with Gasteiger partial charge in [0.15, 0.2) is 0 Å². The van der Waals surface area contributed by atoms with E-state index < -0.39 is 8.60 Å². The zero-order valence-electron chi connectivity index (χ0n) is 13.1. The fraction of sp³-hybridized carbons (Fsp3) is 0.600. The molecular weight excluding hydrogens is 339 g/mol. The van der Waals surface area contributed by atoms with Crippen molar-refractivity contribution in [2.75, 3.05) is 0 Å². The van der Waals surface area contributed by atoms with Crippen LogP contribution in [0.15, 0.2) is 28.7 Å². The monoisotopic (exact) mass is 362 g/mol. The highest BCUT2D eigenvalue weighted by molar-refractivity contribution is 9.10. The molecule has 0 amide bonds. The normalized spacial score (nSPS) is 13.0. The molecule has 1 rings (SSSR count). The lowest BCUT2D eigenvalue weighted by Gasteiger charge is -2.30. The van der Waals surface area contributed by atoms with Crippen LogP contribution in [0.1, 0.15) is 47.1 Å². The second-order valence-corrected chi connectivity index (χ2v) is 8.52. The van der Waals surface area contributed by atoms with Crippen LogP contribution in [0.4, 0.5) is 0 Å². The van der Waals surface area contributed by atoms with Crippen molar-refractivity contribution in [3.63, 3.8) is 0 Å². The Labute approximate surface area is 132 Å². The van der Waals surface area contributed by atoms with Crippen LogP contribution in [-0.2, 0) is 20.2 Å². The minimum atomic E-state index is -1.38. The van der Waals surface area contributed by atoms with Crippen LogP contribution in [0, 0.1) is 0 Å². The van der Waals surface area contributed by atoms with E-state index in [9.17, 15) is 0 Å². The molecule has 0 heterocycles. The van der Waals surface area contributed by atoms with Crippen molar-refractivity contribution in [2.45, 2.75) is 59.4 Å². The smallest absolute Gasteiger partial charge is 0.307 e. The fourth-order valence-electron chi connectivity index (χ4n) is 1.23. The Morgan fingerprint density at radius 1 is 0.900 bits per heavy atom. The Morgan fingerprint density at radius 2 is 1.35 bits per heavy atom. The summed E-state index contributed by atoms with van der Waals surface area (Å²) in [5.41, 5.74) is 0.503. The molecule has 1 aromatic rings. The van der Waals surface area contributed by atoms with E-state index in [0.717, 1.165) is 10.0 Å². The van der Waals surface area contributed by atoms with Crippen LogP contribution >= 0.6 is 24.5 Å². The largest absolute Gasteiger partial charge is 0.334 e. The van der Waals surface area contributed by atoms with E-state index in [4.69, 9.17) is 13.6 Å². The van der Waals surface area contributed by atoms with Gasteiger partial charge in [0.2, 0.25) is 0 Å². The lowest BCUT2D eigenvalue weighted by atomic mass is 10.2. The van der Waals surface area contributed by atoms with Crippen molar-refractivity contribution in [3.05, 3.63) is 34.3 Å². The van der Waals surface area contributed by atoms with Gasteiger partial charge in [0.25, 0.3) is 0 Å². The van der Waals surface area contributed by atoms with E-state index in [-0.39, 0.29) is 11.2 Å². The van der Waals surface area contributed by atoms with Gasteiger partial charge in [-0.2, -0.15) is 0 Å². The first-order chi connectivity index (χ1) is 9.05. The van der Waals surface area contributed by atoms with Gasteiger partial charge in [-0.15, -0.1) is 0 Å². The average molecular weight is 363 g/mol. The van der Waals surface area contributed by atoms with Crippen molar-refractivity contribution in [1.82, 2.24) is 0 Å². The number of hydrogen-bond acceptors (Lipinski definition) is 3. The maximum Gasteiger partial charge on any atom is 0.334 e. The minimum absolute atomic E-state index is 0.295. The molecule has 0 aliphatic heterocycles. The van der Waals surface area contributed by atoms with Gasteiger partial charge in [-0.05, 0) is 59.2 Å². The third kappa shape index (κ3) is 8.33. The molecule has 0 N–H and O–H groups in total. The predicted molar refractivity (Wildman–Crippen MR) is 87.5 cm³/mol. The Bertz CT molecular complexity index is 391. The van der Waals surface area contributed by atoms with Gasteiger partial charge >= 0.3 is 8.60 Å². The third-order valence-corrected chi connectivity index (χ3v) is 4.21. The quantitative estimate of drug-likeness (QED) is 0.617. The minimum Gasteiger partial charge on any atom is -0.307 e. The molecule has 114 valence electrons. The summed E-state index contributed by atoms with van der Waals surface area (Å²) >= 11 is 3.42. The van der Waals surface area contributed by atoms with Gasteiger partial charge in [0.1, 0.15) is 0 Å². The van der Waals surface area contributed by atoms with Gasteiger partial charge in [-0.25, -0.2) is 0 Å². The highest BCUT2D eigenvalue weighted by atomic mass is 79.9. The van der Waals surface area contributed by atoms with Crippen LogP contribution in [-0.4, -0.2) is 11.2 Å². The number of halogens is 1.